The molecule has 1 aromatic carbocycles. The molecule has 1 aromatic rings. The van der Waals surface area contributed by atoms with Gasteiger partial charge in [-0.2, -0.15) is 74.6 Å². The summed E-state index contributed by atoms with van der Waals surface area (Å²) in [5.74, 6) is -56.8. The number of hydrogen-bond donors (Lipinski definition) is 1. The van der Waals surface area contributed by atoms with E-state index < -0.39 is 65.7 Å². The number of hydrogen-bond acceptors (Lipinski definition) is 1. The summed E-state index contributed by atoms with van der Waals surface area (Å²) in [7, 11) is 0. The highest BCUT2D eigenvalue weighted by Gasteiger charge is 2.95. The minimum Gasteiger partial charge on any atom is -0.388 e. The van der Waals surface area contributed by atoms with E-state index in [0.717, 1.165) is 24.3 Å². The Bertz CT molecular complexity index is 890. The SMILES string of the molecule is OC(CC(F)(F)C(F)(F)C(F)(F)C(F)(F)C(F)(F)C(F)(F)C(F)(F)C(F)(F)F)c1ccc(I)cc1. The van der Waals surface area contributed by atoms with E-state index in [-0.39, 0.29) is 0 Å². The monoisotopic (exact) mass is 666 g/mol. The average Bonchev–Trinajstić information content (AvgIpc) is 2.66. The van der Waals surface area contributed by atoms with Crippen molar-refractivity contribution in [1.29, 1.82) is 0 Å². The molecule has 1 N–H and O–H groups in total. The molecule has 19 heteroatoms. The van der Waals surface area contributed by atoms with Crippen molar-refractivity contribution < 1.29 is 79.7 Å². The number of alkyl halides is 17. The van der Waals surface area contributed by atoms with Gasteiger partial charge in [0.05, 0.1) is 6.10 Å². The van der Waals surface area contributed by atoms with Gasteiger partial charge in [0, 0.05) is 9.99 Å². The van der Waals surface area contributed by atoms with Crippen molar-refractivity contribution in [3.05, 3.63) is 33.4 Å². The lowest BCUT2D eigenvalue weighted by molar-refractivity contribution is -0.462. The normalized spacial score (nSPS) is 16.4. The highest BCUT2D eigenvalue weighted by atomic mass is 127. The van der Waals surface area contributed by atoms with Crippen LogP contribution in [0.25, 0.3) is 0 Å². The Hall–Kier alpha value is -1.28. The van der Waals surface area contributed by atoms with Gasteiger partial charge < -0.3 is 5.11 Å². The molecule has 0 spiro atoms. The molecule has 0 bridgehead atoms. The van der Waals surface area contributed by atoms with Crippen LogP contribution in [0.5, 0.6) is 0 Å². The summed E-state index contributed by atoms with van der Waals surface area (Å²) in [4.78, 5) is 0. The fourth-order valence-corrected chi connectivity index (χ4v) is 2.73. The molecule has 204 valence electrons. The molecule has 0 fully saturated rings. The van der Waals surface area contributed by atoms with Crippen LogP contribution >= 0.6 is 22.6 Å². The maximum atomic E-state index is 13.9. The highest BCUT2D eigenvalue weighted by Crippen LogP contribution is 2.64. The van der Waals surface area contributed by atoms with E-state index in [1.165, 1.54) is 0 Å². The number of aliphatic hydroxyl groups excluding tert-OH is 1. The van der Waals surface area contributed by atoms with Gasteiger partial charge in [-0.1, -0.05) is 12.1 Å². The summed E-state index contributed by atoms with van der Waals surface area (Å²) >= 11 is 1.62. The molecule has 0 saturated carbocycles. The van der Waals surface area contributed by atoms with Crippen molar-refractivity contribution >= 4 is 22.6 Å². The lowest BCUT2D eigenvalue weighted by Crippen LogP contribution is -2.74. The van der Waals surface area contributed by atoms with E-state index in [1.54, 1.807) is 22.6 Å². The van der Waals surface area contributed by atoms with Gasteiger partial charge in [-0.15, -0.1) is 0 Å². The van der Waals surface area contributed by atoms with Crippen LogP contribution in [0, 0.1) is 3.57 Å². The molecule has 0 radical (unpaired) electrons. The topological polar surface area (TPSA) is 20.2 Å². The quantitative estimate of drug-likeness (QED) is 0.212. The number of benzene rings is 1. The predicted octanol–water partition coefficient (Wildman–Crippen LogP) is 7.72. The zero-order valence-electron chi connectivity index (χ0n) is 15.8. The Balaban J connectivity index is 3.52. The fraction of sp³-hybridized carbons (Fsp3) is 0.625. The summed E-state index contributed by atoms with van der Waals surface area (Å²) in [6.07, 6.45) is -13.6. The largest absolute Gasteiger partial charge is 0.460 e. The maximum Gasteiger partial charge on any atom is 0.460 e. The van der Waals surface area contributed by atoms with E-state index in [9.17, 15) is 79.7 Å². The Labute approximate surface area is 196 Å². The molecule has 0 amide bonds. The van der Waals surface area contributed by atoms with Crippen LogP contribution in [0.2, 0.25) is 0 Å². The molecule has 0 aliphatic heterocycles. The molecule has 1 nitrogen and oxygen atoms in total. The summed E-state index contributed by atoms with van der Waals surface area (Å²) in [6, 6.07) is 3.59. The minimum absolute atomic E-state index is 0.348. The Morgan fingerprint density at radius 3 is 1.20 bits per heavy atom. The van der Waals surface area contributed by atoms with E-state index >= 15 is 0 Å². The smallest absolute Gasteiger partial charge is 0.388 e. The van der Waals surface area contributed by atoms with Crippen LogP contribution in [0.4, 0.5) is 74.6 Å². The third kappa shape index (κ3) is 4.74. The lowest BCUT2D eigenvalue weighted by Gasteiger charge is -2.43. The Kier molecular flexibility index (Phi) is 8.10. The van der Waals surface area contributed by atoms with Gasteiger partial charge in [0.2, 0.25) is 0 Å². The summed E-state index contributed by atoms with van der Waals surface area (Å²) in [5.41, 5.74) is -0.724. The first-order valence-corrected chi connectivity index (χ1v) is 9.36. The van der Waals surface area contributed by atoms with E-state index in [2.05, 4.69) is 0 Å². The molecule has 0 saturated heterocycles. The summed E-state index contributed by atoms with van der Waals surface area (Å²) in [6.45, 7) is 0. The molecular weight excluding hydrogens is 658 g/mol. The average molecular weight is 666 g/mol. The maximum absolute atomic E-state index is 13.9. The third-order valence-electron chi connectivity index (χ3n) is 4.49. The van der Waals surface area contributed by atoms with Crippen LogP contribution in [0.1, 0.15) is 18.1 Å². The molecule has 1 rings (SSSR count). The Morgan fingerprint density at radius 1 is 0.543 bits per heavy atom. The molecule has 35 heavy (non-hydrogen) atoms. The number of rotatable bonds is 9. The number of halogens is 18. The second-order valence-electron chi connectivity index (χ2n) is 6.92. The summed E-state index contributed by atoms with van der Waals surface area (Å²) < 4.78 is 225. The molecule has 0 aromatic heterocycles. The zero-order chi connectivity index (χ0) is 28.3. The van der Waals surface area contributed by atoms with Crippen LogP contribution in [-0.4, -0.2) is 52.7 Å². The molecule has 0 aliphatic rings. The van der Waals surface area contributed by atoms with Crippen molar-refractivity contribution in [3.63, 3.8) is 0 Å². The van der Waals surface area contributed by atoms with Gasteiger partial charge in [-0.25, -0.2) is 0 Å². The second-order valence-corrected chi connectivity index (χ2v) is 8.17. The third-order valence-corrected chi connectivity index (χ3v) is 5.21. The molecule has 0 heterocycles. The van der Waals surface area contributed by atoms with E-state index in [1.807, 2.05) is 0 Å². The van der Waals surface area contributed by atoms with Gasteiger partial charge in [0.15, 0.2) is 0 Å². The molecule has 1 atom stereocenters. The van der Waals surface area contributed by atoms with Crippen molar-refractivity contribution in [1.82, 2.24) is 0 Å². The minimum atomic E-state index is -8.67. The predicted molar refractivity (Wildman–Crippen MR) is 89.4 cm³/mol. The second kappa shape index (κ2) is 8.93. The van der Waals surface area contributed by atoms with Crippen LogP contribution in [0.3, 0.4) is 0 Å². The van der Waals surface area contributed by atoms with Gasteiger partial charge in [-0.3, -0.25) is 0 Å². The van der Waals surface area contributed by atoms with Crippen molar-refractivity contribution in [2.75, 3.05) is 0 Å². The Morgan fingerprint density at radius 2 is 0.857 bits per heavy atom. The lowest BCUT2D eigenvalue weighted by atomic mass is 9.87. The van der Waals surface area contributed by atoms with Gasteiger partial charge in [0.25, 0.3) is 0 Å². The molecular formula is C16H8F17IO. The van der Waals surface area contributed by atoms with Crippen molar-refractivity contribution in [2.45, 2.75) is 60.2 Å². The molecule has 0 aliphatic carbocycles. The van der Waals surface area contributed by atoms with Crippen LogP contribution in [0.15, 0.2) is 24.3 Å². The zero-order valence-corrected chi connectivity index (χ0v) is 18.0. The van der Waals surface area contributed by atoms with Crippen molar-refractivity contribution in [2.24, 2.45) is 0 Å². The van der Waals surface area contributed by atoms with Crippen LogP contribution in [-0.2, 0) is 0 Å². The fourth-order valence-electron chi connectivity index (χ4n) is 2.37. The first kappa shape index (κ1) is 31.7. The van der Waals surface area contributed by atoms with Gasteiger partial charge in [-0.05, 0) is 40.3 Å². The van der Waals surface area contributed by atoms with Gasteiger partial charge >= 0.3 is 47.6 Å². The van der Waals surface area contributed by atoms with Crippen molar-refractivity contribution in [3.8, 4) is 0 Å². The number of aliphatic hydroxyl groups is 1. The van der Waals surface area contributed by atoms with Gasteiger partial charge in [0.1, 0.15) is 0 Å². The van der Waals surface area contributed by atoms with E-state index in [4.69, 9.17) is 0 Å². The highest BCUT2D eigenvalue weighted by molar-refractivity contribution is 14.1. The standard InChI is InChI=1S/C16H8F17IO/c17-9(18,5-8(35)6-1-3-7(34)4-2-6)10(19,20)11(21,22)12(23,24)13(25,26)14(27,28)15(29,30)16(31,32)33/h1-4,8,35H,5H2. The first-order chi connectivity index (χ1) is 15.1. The first-order valence-electron chi connectivity index (χ1n) is 8.28. The van der Waals surface area contributed by atoms with E-state index in [0.29, 0.717) is 3.57 Å². The summed E-state index contributed by atoms with van der Waals surface area (Å²) in [5, 5.41) is 9.52. The molecule has 1 unspecified atom stereocenters. The van der Waals surface area contributed by atoms with Crippen LogP contribution < -0.4 is 0 Å².